The minimum absolute atomic E-state index is 0.298. The molecule has 4 rings (SSSR count). The van der Waals surface area contributed by atoms with E-state index in [1.807, 2.05) is 4.68 Å². The minimum Gasteiger partial charge on any atom is -0.320 e. The fourth-order valence-electron chi connectivity index (χ4n) is 3.07. The van der Waals surface area contributed by atoms with E-state index in [1.54, 1.807) is 12.7 Å². The second-order valence-corrected chi connectivity index (χ2v) is 7.41. The third-order valence-corrected chi connectivity index (χ3v) is 5.40. The highest BCUT2D eigenvalue weighted by Gasteiger charge is 2.22. The van der Waals surface area contributed by atoms with Gasteiger partial charge in [-0.3, -0.25) is 9.69 Å². The molecule has 0 spiro atoms. The van der Waals surface area contributed by atoms with Crippen LogP contribution >= 0.6 is 11.3 Å². The third-order valence-electron chi connectivity index (χ3n) is 4.49. The standard InChI is InChI=1S/C17H18FN7OS/c18-12-1-3-13(4-2-12)21-16(26)17-23-22-15(27-17)9-24-7-5-14(6-8-24)25-11-19-10-20-25/h1-4,10-11,14H,5-9H2,(H,21,26). The first-order chi connectivity index (χ1) is 13.2. The molecule has 0 bridgehead atoms. The summed E-state index contributed by atoms with van der Waals surface area (Å²) in [6.45, 7) is 2.54. The number of hydrogen-bond donors (Lipinski definition) is 1. The molecule has 27 heavy (non-hydrogen) atoms. The molecule has 0 unspecified atom stereocenters. The molecular formula is C17H18FN7OS. The number of nitrogens with one attached hydrogen (secondary N) is 1. The van der Waals surface area contributed by atoms with Crippen molar-refractivity contribution in [3.05, 3.63) is 52.8 Å². The Hall–Kier alpha value is -2.72. The highest BCUT2D eigenvalue weighted by molar-refractivity contribution is 7.13. The van der Waals surface area contributed by atoms with Crippen molar-refractivity contribution in [1.82, 2.24) is 29.9 Å². The maximum atomic E-state index is 12.9. The average molecular weight is 387 g/mol. The molecule has 1 amide bonds. The van der Waals surface area contributed by atoms with Crippen molar-refractivity contribution in [3.8, 4) is 0 Å². The van der Waals surface area contributed by atoms with Gasteiger partial charge in [0, 0.05) is 18.8 Å². The summed E-state index contributed by atoms with van der Waals surface area (Å²) in [5.74, 6) is -0.686. The Morgan fingerprint density at radius 1 is 1.22 bits per heavy atom. The number of halogens is 1. The van der Waals surface area contributed by atoms with Gasteiger partial charge < -0.3 is 5.32 Å². The van der Waals surface area contributed by atoms with Gasteiger partial charge in [-0.15, -0.1) is 10.2 Å². The van der Waals surface area contributed by atoms with E-state index in [1.165, 1.54) is 35.6 Å². The van der Waals surface area contributed by atoms with Gasteiger partial charge in [-0.25, -0.2) is 14.1 Å². The number of carbonyl (C=O) groups is 1. The number of amides is 1. The van der Waals surface area contributed by atoms with Crippen molar-refractivity contribution >= 4 is 22.9 Å². The van der Waals surface area contributed by atoms with Crippen molar-refractivity contribution in [2.24, 2.45) is 0 Å². The van der Waals surface area contributed by atoms with Gasteiger partial charge in [0.25, 0.3) is 5.91 Å². The summed E-state index contributed by atoms with van der Waals surface area (Å²) < 4.78 is 14.8. The monoisotopic (exact) mass is 387 g/mol. The molecular weight excluding hydrogens is 369 g/mol. The van der Waals surface area contributed by atoms with Gasteiger partial charge in [-0.1, -0.05) is 11.3 Å². The second kappa shape index (κ2) is 7.89. The van der Waals surface area contributed by atoms with Crippen LogP contribution in [0.4, 0.5) is 10.1 Å². The number of likely N-dealkylation sites (tertiary alicyclic amines) is 1. The number of piperidine rings is 1. The highest BCUT2D eigenvalue weighted by atomic mass is 32.1. The summed E-state index contributed by atoms with van der Waals surface area (Å²) in [5.41, 5.74) is 0.522. The first-order valence-corrected chi connectivity index (χ1v) is 9.45. The zero-order valence-electron chi connectivity index (χ0n) is 14.5. The lowest BCUT2D eigenvalue weighted by molar-refractivity contribution is 0.102. The lowest BCUT2D eigenvalue weighted by Gasteiger charge is -2.30. The summed E-state index contributed by atoms with van der Waals surface area (Å²) >= 11 is 1.28. The molecule has 1 aliphatic heterocycles. The number of aromatic nitrogens is 5. The number of benzene rings is 1. The zero-order valence-corrected chi connectivity index (χ0v) is 15.3. The molecule has 0 radical (unpaired) electrons. The summed E-state index contributed by atoms with van der Waals surface area (Å²) in [7, 11) is 0. The fourth-order valence-corrected chi connectivity index (χ4v) is 3.84. The number of hydrogen-bond acceptors (Lipinski definition) is 7. The molecule has 0 atom stereocenters. The fraction of sp³-hybridized carbons (Fsp3) is 0.353. The molecule has 10 heteroatoms. The van der Waals surface area contributed by atoms with Gasteiger partial charge in [0.15, 0.2) is 0 Å². The number of carbonyl (C=O) groups excluding carboxylic acids is 1. The van der Waals surface area contributed by atoms with Gasteiger partial charge in [-0.2, -0.15) is 5.10 Å². The third kappa shape index (κ3) is 4.34. The lowest BCUT2D eigenvalue weighted by Crippen LogP contribution is -2.34. The van der Waals surface area contributed by atoms with Crippen LogP contribution in [0, 0.1) is 5.82 Å². The Balaban J connectivity index is 1.30. The van der Waals surface area contributed by atoms with Crippen molar-refractivity contribution in [1.29, 1.82) is 0 Å². The predicted molar refractivity (Wildman–Crippen MR) is 97.8 cm³/mol. The Morgan fingerprint density at radius 2 is 2.00 bits per heavy atom. The summed E-state index contributed by atoms with van der Waals surface area (Å²) in [6, 6.07) is 5.99. The normalized spacial score (nSPS) is 15.7. The Kier molecular flexibility index (Phi) is 5.16. The quantitative estimate of drug-likeness (QED) is 0.723. The molecule has 0 aliphatic carbocycles. The maximum absolute atomic E-state index is 12.9. The molecule has 1 aliphatic rings. The molecule has 8 nitrogen and oxygen atoms in total. The molecule has 1 fully saturated rings. The zero-order chi connectivity index (χ0) is 18.6. The van der Waals surface area contributed by atoms with Gasteiger partial charge in [0.05, 0.1) is 12.6 Å². The number of anilines is 1. The van der Waals surface area contributed by atoms with Crippen LogP contribution < -0.4 is 5.32 Å². The van der Waals surface area contributed by atoms with E-state index in [0.717, 1.165) is 30.9 Å². The molecule has 140 valence electrons. The van der Waals surface area contributed by atoms with Crippen LogP contribution in [0.5, 0.6) is 0 Å². The van der Waals surface area contributed by atoms with Gasteiger partial charge in [-0.05, 0) is 37.1 Å². The summed E-state index contributed by atoms with van der Waals surface area (Å²) in [4.78, 5) is 18.6. The molecule has 1 N–H and O–H groups in total. The van der Waals surface area contributed by atoms with Crippen molar-refractivity contribution < 1.29 is 9.18 Å². The molecule has 0 saturated carbocycles. The summed E-state index contributed by atoms with van der Waals surface area (Å²) in [5, 5.41) is 16.1. The van der Waals surface area contributed by atoms with Crippen LogP contribution in [-0.4, -0.2) is 48.9 Å². The molecule has 2 aromatic heterocycles. The van der Waals surface area contributed by atoms with Crippen LogP contribution in [0.1, 0.15) is 33.7 Å². The Labute approximate surface area is 159 Å². The van der Waals surface area contributed by atoms with Gasteiger partial charge >= 0.3 is 0 Å². The van der Waals surface area contributed by atoms with E-state index < -0.39 is 0 Å². The predicted octanol–water partition coefficient (Wildman–Crippen LogP) is 2.36. The van der Waals surface area contributed by atoms with Crippen LogP contribution in [0.2, 0.25) is 0 Å². The van der Waals surface area contributed by atoms with E-state index in [9.17, 15) is 9.18 Å². The van der Waals surface area contributed by atoms with Crippen molar-refractivity contribution in [2.75, 3.05) is 18.4 Å². The largest absolute Gasteiger partial charge is 0.320 e. The van der Waals surface area contributed by atoms with Crippen LogP contribution in [0.3, 0.4) is 0 Å². The Morgan fingerprint density at radius 3 is 2.70 bits per heavy atom. The minimum atomic E-state index is -0.348. The molecule has 3 aromatic rings. The highest BCUT2D eigenvalue weighted by Crippen LogP contribution is 2.23. The van der Waals surface area contributed by atoms with Gasteiger partial charge in [0.1, 0.15) is 23.5 Å². The van der Waals surface area contributed by atoms with Gasteiger partial charge in [0.2, 0.25) is 5.01 Å². The maximum Gasteiger partial charge on any atom is 0.286 e. The van der Waals surface area contributed by atoms with E-state index >= 15 is 0 Å². The van der Waals surface area contributed by atoms with E-state index in [2.05, 4.69) is 30.5 Å². The smallest absolute Gasteiger partial charge is 0.286 e. The summed E-state index contributed by atoms with van der Waals surface area (Å²) in [6.07, 6.45) is 5.32. The topological polar surface area (TPSA) is 88.8 Å². The van der Waals surface area contributed by atoms with E-state index in [-0.39, 0.29) is 11.7 Å². The number of nitrogens with zero attached hydrogens (tertiary/aromatic N) is 6. The van der Waals surface area contributed by atoms with E-state index in [4.69, 9.17) is 0 Å². The van der Waals surface area contributed by atoms with Crippen LogP contribution in [0.15, 0.2) is 36.9 Å². The van der Waals surface area contributed by atoms with Crippen molar-refractivity contribution in [2.45, 2.75) is 25.4 Å². The number of rotatable bonds is 5. The van der Waals surface area contributed by atoms with E-state index in [0.29, 0.717) is 23.3 Å². The van der Waals surface area contributed by atoms with Crippen LogP contribution in [-0.2, 0) is 6.54 Å². The SMILES string of the molecule is O=C(Nc1ccc(F)cc1)c1nnc(CN2CCC(n3cncn3)CC2)s1. The lowest BCUT2D eigenvalue weighted by atomic mass is 10.1. The Bertz CT molecular complexity index is 888. The second-order valence-electron chi connectivity index (χ2n) is 6.34. The van der Waals surface area contributed by atoms with Crippen LogP contribution in [0.25, 0.3) is 0 Å². The van der Waals surface area contributed by atoms with Crippen molar-refractivity contribution in [3.63, 3.8) is 0 Å². The molecule has 1 aromatic carbocycles. The first-order valence-electron chi connectivity index (χ1n) is 8.63. The average Bonchev–Trinajstić information content (AvgIpc) is 3.36. The first kappa shape index (κ1) is 17.7. The molecule has 3 heterocycles. The molecule has 1 saturated heterocycles.